The van der Waals surface area contributed by atoms with Gasteiger partial charge in [-0.25, -0.2) is 0 Å². The van der Waals surface area contributed by atoms with Crippen LogP contribution in [0.25, 0.3) is 10.6 Å². The van der Waals surface area contributed by atoms with E-state index in [1.807, 2.05) is 30.3 Å². The molecule has 0 aliphatic rings. The molecule has 0 spiro atoms. The van der Waals surface area contributed by atoms with E-state index >= 15 is 0 Å². The molecule has 2 aromatic rings. The number of nitrogens with two attached hydrogens (primary N) is 1. The molecule has 2 nitrogen and oxygen atoms in total. The van der Waals surface area contributed by atoms with Crippen LogP contribution in [0.4, 0.5) is 0 Å². The van der Waals surface area contributed by atoms with E-state index in [9.17, 15) is 0 Å². The second-order valence-corrected chi connectivity index (χ2v) is 4.47. The molecule has 0 radical (unpaired) electrons. The topological polar surface area (TPSA) is 38.9 Å². The number of thiophene rings is 1. The first kappa shape index (κ1) is 8.74. The molecular formula is C9H8N2S2. The van der Waals surface area contributed by atoms with Crippen LogP contribution in [-0.4, -0.2) is 4.98 Å². The maximum atomic E-state index is 5.45. The normalized spacial score (nSPS) is 10.2. The molecule has 0 aliphatic carbocycles. The maximum Gasteiger partial charge on any atom is 0.0802 e. The molecule has 0 unspecified atom stereocenters. The smallest absolute Gasteiger partial charge is 0.0802 e. The summed E-state index contributed by atoms with van der Waals surface area (Å²) in [7, 11) is 0. The second-order valence-electron chi connectivity index (χ2n) is 2.45. The summed E-state index contributed by atoms with van der Waals surface area (Å²) in [6, 6.07) is 9.95. The van der Waals surface area contributed by atoms with Crippen LogP contribution in [0.5, 0.6) is 0 Å². The molecule has 2 aromatic heterocycles. The second kappa shape index (κ2) is 3.91. The van der Waals surface area contributed by atoms with E-state index in [-0.39, 0.29) is 0 Å². The van der Waals surface area contributed by atoms with Crippen molar-refractivity contribution in [1.29, 1.82) is 0 Å². The Morgan fingerprint density at radius 1 is 1.23 bits per heavy atom. The van der Waals surface area contributed by atoms with Crippen molar-refractivity contribution in [2.24, 2.45) is 5.14 Å². The van der Waals surface area contributed by atoms with E-state index in [1.54, 1.807) is 17.5 Å². The summed E-state index contributed by atoms with van der Waals surface area (Å²) in [5.41, 5.74) is 1.01. The van der Waals surface area contributed by atoms with Gasteiger partial charge < -0.3 is 0 Å². The Morgan fingerprint density at radius 2 is 2.15 bits per heavy atom. The van der Waals surface area contributed by atoms with Crippen LogP contribution in [0.1, 0.15) is 0 Å². The Balaban J connectivity index is 2.36. The number of aromatic nitrogens is 1. The van der Waals surface area contributed by atoms with Crippen molar-refractivity contribution < 1.29 is 0 Å². The predicted octanol–water partition coefficient (Wildman–Crippen LogP) is 2.78. The highest BCUT2D eigenvalue weighted by atomic mass is 32.2. The van der Waals surface area contributed by atoms with Gasteiger partial charge in [0.1, 0.15) is 0 Å². The van der Waals surface area contributed by atoms with Crippen molar-refractivity contribution in [2.75, 3.05) is 0 Å². The first-order valence-corrected chi connectivity index (χ1v) is 5.48. The van der Waals surface area contributed by atoms with Gasteiger partial charge in [0.2, 0.25) is 0 Å². The van der Waals surface area contributed by atoms with Crippen molar-refractivity contribution in [3.63, 3.8) is 0 Å². The zero-order valence-electron chi connectivity index (χ0n) is 6.81. The lowest BCUT2D eigenvalue weighted by Crippen LogP contribution is -1.75. The average Bonchev–Trinajstić information content (AvgIpc) is 2.67. The van der Waals surface area contributed by atoms with Gasteiger partial charge >= 0.3 is 0 Å². The van der Waals surface area contributed by atoms with Crippen LogP contribution in [0, 0.1) is 0 Å². The predicted molar refractivity (Wildman–Crippen MR) is 57.6 cm³/mol. The third-order valence-corrected chi connectivity index (χ3v) is 3.42. The molecule has 0 aromatic carbocycles. The summed E-state index contributed by atoms with van der Waals surface area (Å²) in [5.74, 6) is 0. The van der Waals surface area contributed by atoms with Gasteiger partial charge in [0, 0.05) is 6.20 Å². The average molecular weight is 208 g/mol. The number of hydrogen-bond acceptors (Lipinski definition) is 4. The van der Waals surface area contributed by atoms with Crippen molar-refractivity contribution in [2.45, 2.75) is 4.21 Å². The van der Waals surface area contributed by atoms with Gasteiger partial charge in [-0.2, -0.15) is 0 Å². The monoisotopic (exact) mass is 208 g/mol. The van der Waals surface area contributed by atoms with Crippen LogP contribution in [0.3, 0.4) is 0 Å². The molecule has 13 heavy (non-hydrogen) atoms. The number of nitrogens with zero attached hydrogens (tertiary/aromatic N) is 1. The van der Waals surface area contributed by atoms with Gasteiger partial charge in [0.15, 0.2) is 0 Å². The quantitative estimate of drug-likeness (QED) is 0.771. The maximum absolute atomic E-state index is 5.45. The summed E-state index contributed by atoms with van der Waals surface area (Å²) in [6.45, 7) is 0. The van der Waals surface area contributed by atoms with E-state index in [2.05, 4.69) is 4.98 Å². The molecule has 2 heterocycles. The SMILES string of the molecule is NSc1ccc(-c2ccccn2)s1. The molecule has 4 heteroatoms. The molecule has 0 saturated carbocycles. The molecule has 0 amide bonds. The van der Waals surface area contributed by atoms with Crippen LogP contribution in [0.15, 0.2) is 40.7 Å². The molecule has 2 rings (SSSR count). The largest absolute Gasteiger partial charge is 0.273 e. The zero-order chi connectivity index (χ0) is 9.10. The van der Waals surface area contributed by atoms with Gasteiger partial charge in [-0.05, 0) is 36.2 Å². The minimum Gasteiger partial charge on any atom is -0.273 e. The van der Waals surface area contributed by atoms with Crippen molar-refractivity contribution in [3.8, 4) is 10.6 Å². The summed E-state index contributed by atoms with van der Waals surface area (Å²) < 4.78 is 1.11. The molecule has 0 fully saturated rings. The fraction of sp³-hybridized carbons (Fsp3) is 0. The first-order valence-electron chi connectivity index (χ1n) is 3.78. The highest BCUT2D eigenvalue weighted by Gasteiger charge is 2.01. The zero-order valence-corrected chi connectivity index (χ0v) is 8.44. The van der Waals surface area contributed by atoms with Gasteiger partial charge in [0.05, 0.1) is 14.8 Å². The molecule has 0 aliphatic heterocycles. The van der Waals surface area contributed by atoms with E-state index in [0.717, 1.165) is 14.8 Å². The number of hydrogen-bond donors (Lipinski definition) is 1. The minimum absolute atomic E-state index is 1.01. The van der Waals surface area contributed by atoms with Crippen LogP contribution < -0.4 is 5.14 Å². The fourth-order valence-corrected chi connectivity index (χ4v) is 2.35. The third kappa shape index (κ3) is 1.91. The summed E-state index contributed by atoms with van der Waals surface area (Å²) in [4.78, 5) is 5.42. The number of rotatable bonds is 2. The highest BCUT2D eigenvalue weighted by Crippen LogP contribution is 2.30. The Morgan fingerprint density at radius 3 is 2.77 bits per heavy atom. The van der Waals surface area contributed by atoms with Crippen molar-refractivity contribution in [1.82, 2.24) is 4.98 Å². The van der Waals surface area contributed by atoms with E-state index < -0.39 is 0 Å². The lowest BCUT2D eigenvalue weighted by atomic mass is 10.3. The Labute approximate surface area is 84.9 Å². The van der Waals surface area contributed by atoms with Gasteiger partial charge in [-0.3, -0.25) is 10.1 Å². The molecule has 66 valence electrons. The van der Waals surface area contributed by atoms with E-state index in [0.29, 0.717) is 0 Å². The Kier molecular flexibility index (Phi) is 2.63. The summed E-state index contributed by atoms with van der Waals surface area (Å²) >= 11 is 2.94. The highest BCUT2D eigenvalue weighted by molar-refractivity contribution is 7.99. The van der Waals surface area contributed by atoms with Crippen molar-refractivity contribution >= 4 is 23.3 Å². The van der Waals surface area contributed by atoms with E-state index in [4.69, 9.17) is 5.14 Å². The van der Waals surface area contributed by atoms with E-state index in [1.165, 1.54) is 11.9 Å². The molecule has 0 bridgehead atoms. The summed E-state index contributed by atoms with van der Waals surface area (Å²) in [6.07, 6.45) is 1.80. The summed E-state index contributed by atoms with van der Waals surface area (Å²) in [5, 5.41) is 5.45. The lowest BCUT2D eigenvalue weighted by Gasteiger charge is -1.92. The fourth-order valence-electron chi connectivity index (χ4n) is 1.03. The molecule has 0 saturated heterocycles. The van der Waals surface area contributed by atoms with Gasteiger partial charge in [-0.15, -0.1) is 11.3 Å². The molecule has 2 N–H and O–H groups in total. The minimum atomic E-state index is 1.01. The van der Waals surface area contributed by atoms with Crippen molar-refractivity contribution in [3.05, 3.63) is 36.5 Å². The Bertz CT molecular complexity index is 384. The molecule has 0 atom stereocenters. The molecular weight excluding hydrogens is 200 g/mol. The lowest BCUT2D eigenvalue weighted by molar-refractivity contribution is 1.34. The first-order chi connectivity index (χ1) is 6.40. The van der Waals surface area contributed by atoms with Crippen LogP contribution >= 0.6 is 23.3 Å². The van der Waals surface area contributed by atoms with Gasteiger partial charge in [0.25, 0.3) is 0 Å². The standard InChI is InChI=1S/C9H8N2S2/c10-13-9-5-4-8(12-9)7-3-1-2-6-11-7/h1-6H,10H2. The number of pyridine rings is 1. The van der Waals surface area contributed by atoms with Crippen LogP contribution in [0.2, 0.25) is 0 Å². The Hall–Kier alpha value is -0.840. The van der Waals surface area contributed by atoms with Gasteiger partial charge in [-0.1, -0.05) is 6.07 Å². The van der Waals surface area contributed by atoms with Crippen LogP contribution in [-0.2, 0) is 0 Å². The third-order valence-electron chi connectivity index (χ3n) is 1.61.